The van der Waals surface area contributed by atoms with Gasteiger partial charge in [0, 0.05) is 26.2 Å². The summed E-state index contributed by atoms with van der Waals surface area (Å²) in [5.74, 6) is 0. The number of aliphatic hydroxyl groups is 1. The van der Waals surface area contributed by atoms with Crippen molar-refractivity contribution in [3.63, 3.8) is 0 Å². The molecule has 0 amide bonds. The maximum Gasteiger partial charge on any atom is 0.0897 e. The van der Waals surface area contributed by atoms with Crippen LogP contribution >= 0.6 is 0 Å². The van der Waals surface area contributed by atoms with E-state index in [1.807, 2.05) is 6.92 Å². The molecule has 3 nitrogen and oxygen atoms in total. The molecule has 2 fully saturated rings. The third kappa shape index (κ3) is 2.03. The minimum absolute atomic E-state index is 0.390. The highest BCUT2D eigenvalue weighted by Crippen LogP contribution is 2.25. The first-order chi connectivity index (χ1) is 6.22. The van der Waals surface area contributed by atoms with Crippen LogP contribution in [0.1, 0.15) is 26.2 Å². The average Bonchev–Trinajstić information content (AvgIpc) is 2.54. The van der Waals surface area contributed by atoms with Crippen molar-refractivity contribution in [2.24, 2.45) is 0 Å². The first-order valence-electron chi connectivity index (χ1n) is 5.28. The molecule has 2 saturated heterocycles. The molecule has 0 radical (unpaired) electrons. The second-order valence-electron chi connectivity index (χ2n) is 4.38. The van der Waals surface area contributed by atoms with E-state index in [0.29, 0.717) is 6.10 Å². The van der Waals surface area contributed by atoms with Gasteiger partial charge in [-0.25, -0.2) is 0 Å². The summed E-state index contributed by atoms with van der Waals surface area (Å²) in [5.41, 5.74) is -0.390. The molecule has 3 heteroatoms. The molecule has 0 aromatic heterocycles. The minimum Gasteiger partial charge on any atom is -0.387 e. The van der Waals surface area contributed by atoms with Gasteiger partial charge in [-0.2, -0.15) is 0 Å². The van der Waals surface area contributed by atoms with Crippen LogP contribution in [-0.4, -0.2) is 48.0 Å². The first-order valence-corrected chi connectivity index (χ1v) is 5.28. The van der Waals surface area contributed by atoms with Gasteiger partial charge in [-0.1, -0.05) is 6.92 Å². The van der Waals surface area contributed by atoms with Crippen LogP contribution in [0.4, 0.5) is 0 Å². The number of ether oxygens (including phenoxy) is 1. The van der Waals surface area contributed by atoms with Crippen molar-refractivity contribution in [2.45, 2.75) is 37.9 Å². The Morgan fingerprint density at radius 3 is 2.85 bits per heavy atom. The topological polar surface area (TPSA) is 32.7 Å². The minimum atomic E-state index is -0.390. The lowest BCUT2D eigenvalue weighted by Gasteiger charge is -2.46. The molecule has 0 aromatic carbocycles. The Hall–Kier alpha value is -0.120. The Balaban J connectivity index is 1.68. The summed E-state index contributed by atoms with van der Waals surface area (Å²) in [6, 6.07) is 0. The van der Waals surface area contributed by atoms with Crippen LogP contribution in [-0.2, 0) is 4.74 Å². The van der Waals surface area contributed by atoms with Gasteiger partial charge in [0.05, 0.1) is 11.7 Å². The normalized spacial score (nSPS) is 33.2. The number of hydrogen-bond acceptors (Lipinski definition) is 3. The van der Waals surface area contributed by atoms with Crippen molar-refractivity contribution in [1.29, 1.82) is 0 Å². The monoisotopic (exact) mass is 185 g/mol. The summed E-state index contributed by atoms with van der Waals surface area (Å²) < 4.78 is 5.54. The maximum atomic E-state index is 9.78. The van der Waals surface area contributed by atoms with Crippen LogP contribution in [0.25, 0.3) is 0 Å². The smallest absolute Gasteiger partial charge is 0.0897 e. The van der Waals surface area contributed by atoms with Gasteiger partial charge in [-0.3, -0.25) is 4.90 Å². The van der Waals surface area contributed by atoms with Crippen molar-refractivity contribution >= 4 is 0 Å². The summed E-state index contributed by atoms with van der Waals surface area (Å²) in [5, 5.41) is 9.78. The zero-order valence-electron chi connectivity index (χ0n) is 8.33. The molecule has 1 atom stereocenters. The van der Waals surface area contributed by atoms with Crippen molar-refractivity contribution in [3.05, 3.63) is 0 Å². The molecule has 2 rings (SSSR count). The highest BCUT2D eigenvalue weighted by Gasteiger charge is 2.40. The standard InChI is InChI=1S/C10H19NO2/c1-2-10(12)7-11(8-10)6-9-4-3-5-13-9/h9,12H,2-8H2,1H3. The van der Waals surface area contributed by atoms with Gasteiger partial charge < -0.3 is 9.84 Å². The third-order valence-electron chi connectivity index (χ3n) is 3.18. The van der Waals surface area contributed by atoms with Gasteiger partial charge >= 0.3 is 0 Å². The van der Waals surface area contributed by atoms with E-state index in [2.05, 4.69) is 4.90 Å². The van der Waals surface area contributed by atoms with Crippen molar-refractivity contribution < 1.29 is 9.84 Å². The molecule has 2 aliphatic rings. The van der Waals surface area contributed by atoms with Crippen LogP contribution in [0.3, 0.4) is 0 Å². The van der Waals surface area contributed by atoms with Gasteiger partial charge in [-0.15, -0.1) is 0 Å². The molecule has 76 valence electrons. The fourth-order valence-electron chi connectivity index (χ4n) is 2.22. The molecular weight excluding hydrogens is 166 g/mol. The fraction of sp³-hybridized carbons (Fsp3) is 1.00. The molecule has 0 spiro atoms. The fourth-order valence-corrected chi connectivity index (χ4v) is 2.22. The molecule has 0 aliphatic carbocycles. The largest absolute Gasteiger partial charge is 0.387 e. The SMILES string of the molecule is CCC1(O)CN(CC2CCCO2)C1. The Labute approximate surface area is 79.7 Å². The predicted molar refractivity (Wildman–Crippen MR) is 50.7 cm³/mol. The summed E-state index contributed by atoms with van der Waals surface area (Å²) in [7, 11) is 0. The van der Waals surface area contributed by atoms with E-state index in [0.717, 1.165) is 32.7 Å². The van der Waals surface area contributed by atoms with E-state index in [9.17, 15) is 5.11 Å². The predicted octanol–water partition coefficient (Wildman–Crippen LogP) is 0.622. The van der Waals surface area contributed by atoms with E-state index in [-0.39, 0.29) is 0 Å². The molecular formula is C10H19NO2. The quantitative estimate of drug-likeness (QED) is 0.699. The van der Waals surface area contributed by atoms with Gasteiger partial charge in [0.15, 0.2) is 0 Å². The highest BCUT2D eigenvalue weighted by molar-refractivity contribution is 4.95. The Kier molecular flexibility index (Phi) is 2.58. The lowest BCUT2D eigenvalue weighted by Crippen LogP contribution is -2.62. The van der Waals surface area contributed by atoms with Crippen LogP contribution in [0, 0.1) is 0 Å². The van der Waals surface area contributed by atoms with E-state index < -0.39 is 5.60 Å². The van der Waals surface area contributed by atoms with Crippen molar-refractivity contribution in [3.8, 4) is 0 Å². The molecule has 0 aromatic rings. The average molecular weight is 185 g/mol. The number of nitrogens with zero attached hydrogens (tertiary/aromatic N) is 1. The lowest BCUT2D eigenvalue weighted by molar-refractivity contribution is -0.111. The summed E-state index contributed by atoms with van der Waals surface area (Å²) in [6.07, 6.45) is 3.70. The van der Waals surface area contributed by atoms with Crippen molar-refractivity contribution in [1.82, 2.24) is 4.90 Å². The third-order valence-corrected chi connectivity index (χ3v) is 3.18. The van der Waals surface area contributed by atoms with Crippen LogP contribution in [0.2, 0.25) is 0 Å². The van der Waals surface area contributed by atoms with Crippen molar-refractivity contribution in [2.75, 3.05) is 26.2 Å². The Morgan fingerprint density at radius 1 is 1.54 bits per heavy atom. The maximum absolute atomic E-state index is 9.78. The number of likely N-dealkylation sites (tertiary alicyclic amines) is 1. The molecule has 2 aliphatic heterocycles. The van der Waals surface area contributed by atoms with E-state index in [1.54, 1.807) is 0 Å². The molecule has 0 bridgehead atoms. The van der Waals surface area contributed by atoms with E-state index in [1.165, 1.54) is 12.8 Å². The molecule has 2 heterocycles. The van der Waals surface area contributed by atoms with Crippen LogP contribution in [0.15, 0.2) is 0 Å². The molecule has 13 heavy (non-hydrogen) atoms. The molecule has 0 saturated carbocycles. The van der Waals surface area contributed by atoms with E-state index in [4.69, 9.17) is 4.74 Å². The van der Waals surface area contributed by atoms with Gasteiger partial charge in [0.25, 0.3) is 0 Å². The van der Waals surface area contributed by atoms with Crippen LogP contribution in [0.5, 0.6) is 0 Å². The number of β-amino-alcohol motifs (C(OH)–C–C–N with tert-alkyl or cyclic N) is 1. The second kappa shape index (κ2) is 3.56. The van der Waals surface area contributed by atoms with Gasteiger partial charge in [0.2, 0.25) is 0 Å². The zero-order valence-corrected chi connectivity index (χ0v) is 8.33. The summed E-state index contributed by atoms with van der Waals surface area (Å²) in [6.45, 7) is 5.66. The molecule has 1 N–H and O–H groups in total. The number of hydrogen-bond donors (Lipinski definition) is 1. The Bertz CT molecular complexity index is 172. The zero-order chi connectivity index (χ0) is 9.31. The number of rotatable bonds is 3. The van der Waals surface area contributed by atoms with Gasteiger partial charge in [-0.05, 0) is 19.3 Å². The lowest BCUT2D eigenvalue weighted by atomic mass is 9.91. The summed E-state index contributed by atoms with van der Waals surface area (Å²) in [4.78, 5) is 2.29. The van der Waals surface area contributed by atoms with E-state index >= 15 is 0 Å². The summed E-state index contributed by atoms with van der Waals surface area (Å²) >= 11 is 0. The highest BCUT2D eigenvalue weighted by atomic mass is 16.5. The van der Waals surface area contributed by atoms with Gasteiger partial charge in [0.1, 0.15) is 0 Å². The molecule has 1 unspecified atom stereocenters. The second-order valence-corrected chi connectivity index (χ2v) is 4.38. The Morgan fingerprint density at radius 2 is 2.31 bits per heavy atom. The van der Waals surface area contributed by atoms with Crippen LogP contribution < -0.4 is 0 Å². The first kappa shape index (κ1) is 9.44.